The van der Waals surface area contributed by atoms with Crippen LogP contribution in [-0.2, 0) is 6.18 Å². The molecule has 168 valence electrons. The second-order valence-electron chi connectivity index (χ2n) is 6.72. The molecule has 1 saturated heterocycles. The van der Waals surface area contributed by atoms with E-state index < -0.39 is 11.7 Å². The summed E-state index contributed by atoms with van der Waals surface area (Å²) in [6.45, 7) is 5.40. The Hall–Kier alpha value is -3.24. The van der Waals surface area contributed by atoms with Gasteiger partial charge < -0.3 is 24.3 Å². The zero-order chi connectivity index (χ0) is 22.3. The number of furan rings is 1. The van der Waals surface area contributed by atoms with Crippen LogP contribution >= 0.6 is 0 Å². The highest BCUT2D eigenvalue weighted by atomic mass is 19.4. The summed E-state index contributed by atoms with van der Waals surface area (Å²) in [4.78, 5) is 24.3. The number of guanidine groups is 1. The maximum absolute atomic E-state index is 12.6. The van der Waals surface area contributed by atoms with Crippen LogP contribution in [0.1, 0.15) is 23.0 Å². The van der Waals surface area contributed by atoms with Gasteiger partial charge >= 0.3 is 6.18 Å². The van der Waals surface area contributed by atoms with E-state index in [9.17, 15) is 18.0 Å². The molecule has 0 saturated carbocycles. The van der Waals surface area contributed by atoms with Gasteiger partial charge in [-0.25, -0.2) is 9.98 Å². The number of aliphatic imine (C=N–C) groups is 1. The maximum Gasteiger partial charge on any atom is 0.417 e. The Morgan fingerprint density at radius 2 is 1.97 bits per heavy atom. The van der Waals surface area contributed by atoms with Crippen LogP contribution in [0.2, 0.25) is 0 Å². The van der Waals surface area contributed by atoms with Crippen molar-refractivity contribution in [3.05, 3.63) is 48.0 Å². The fraction of sp³-hybridized carbons (Fsp3) is 0.450. The molecule has 1 amide bonds. The molecule has 1 aliphatic heterocycles. The van der Waals surface area contributed by atoms with E-state index in [1.807, 2.05) is 11.8 Å². The zero-order valence-corrected chi connectivity index (χ0v) is 17.1. The lowest BCUT2D eigenvalue weighted by Crippen LogP contribution is -2.53. The predicted octanol–water partition coefficient (Wildman–Crippen LogP) is 2.50. The Morgan fingerprint density at radius 3 is 2.55 bits per heavy atom. The van der Waals surface area contributed by atoms with E-state index in [0.29, 0.717) is 51.0 Å². The van der Waals surface area contributed by atoms with Crippen LogP contribution in [0.4, 0.5) is 13.2 Å². The van der Waals surface area contributed by atoms with Gasteiger partial charge in [0.1, 0.15) is 6.61 Å². The number of ether oxygens (including phenoxy) is 1. The lowest BCUT2D eigenvalue weighted by atomic mass is 10.3. The van der Waals surface area contributed by atoms with Gasteiger partial charge in [0.05, 0.1) is 18.4 Å². The van der Waals surface area contributed by atoms with Gasteiger partial charge in [-0.1, -0.05) is 0 Å². The molecule has 0 atom stereocenters. The summed E-state index contributed by atoms with van der Waals surface area (Å²) in [6, 6.07) is 5.44. The van der Waals surface area contributed by atoms with Crippen LogP contribution < -0.4 is 10.1 Å². The smallest absolute Gasteiger partial charge is 0.417 e. The summed E-state index contributed by atoms with van der Waals surface area (Å²) in [6.07, 6.45) is -2.21. The summed E-state index contributed by atoms with van der Waals surface area (Å²) in [7, 11) is 0. The summed E-state index contributed by atoms with van der Waals surface area (Å²) < 4.78 is 48.3. The highest BCUT2D eigenvalue weighted by Gasteiger charge is 2.30. The highest BCUT2D eigenvalue weighted by molar-refractivity contribution is 5.91. The number of aromatic nitrogens is 1. The van der Waals surface area contributed by atoms with Gasteiger partial charge in [0.2, 0.25) is 5.88 Å². The van der Waals surface area contributed by atoms with E-state index >= 15 is 0 Å². The number of hydrogen-bond donors (Lipinski definition) is 1. The summed E-state index contributed by atoms with van der Waals surface area (Å²) in [5, 5.41) is 3.20. The Kier molecular flexibility index (Phi) is 7.37. The highest BCUT2D eigenvalue weighted by Crippen LogP contribution is 2.29. The van der Waals surface area contributed by atoms with Crippen LogP contribution in [-0.4, -0.2) is 72.5 Å². The lowest BCUT2D eigenvalue weighted by molar-refractivity contribution is -0.137. The first kappa shape index (κ1) is 22.4. The normalized spacial score (nSPS) is 15.2. The molecule has 1 fully saturated rings. The lowest BCUT2D eigenvalue weighted by Gasteiger charge is -2.36. The van der Waals surface area contributed by atoms with Crippen molar-refractivity contribution in [2.75, 3.05) is 45.9 Å². The quantitative estimate of drug-likeness (QED) is 0.423. The average Bonchev–Trinajstić information content (AvgIpc) is 3.30. The van der Waals surface area contributed by atoms with E-state index in [1.165, 1.54) is 12.3 Å². The molecule has 31 heavy (non-hydrogen) atoms. The second-order valence-corrected chi connectivity index (χ2v) is 6.72. The van der Waals surface area contributed by atoms with E-state index in [0.717, 1.165) is 12.3 Å². The largest absolute Gasteiger partial charge is 0.476 e. The number of nitrogens with zero attached hydrogens (tertiary/aromatic N) is 4. The Labute approximate surface area is 177 Å². The number of halogens is 3. The molecule has 1 N–H and O–H groups in total. The number of piperazine rings is 1. The summed E-state index contributed by atoms with van der Waals surface area (Å²) in [5.74, 6) is 0.988. The van der Waals surface area contributed by atoms with Crippen molar-refractivity contribution < 1.29 is 27.1 Å². The monoisotopic (exact) mass is 439 g/mol. The molecule has 2 aromatic rings. The van der Waals surface area contributed by atoms with Gasteiger partial charge in [0.15, 0.2) is 11.7 Å². The van der Waals surface area contributed by atoms with Crippen molar-refractivity contribution in [1.82, 2.24) is 20.1 Å². The Morgan fingerprint density at radius 1 is 1.23 bits per heavy atom. The summed E-state index contributed by atoms with van der Waals surface area (Å²) >= 11 is 0. The van der Waals surface area contributed by atoms with Crippen molar-refractivity contribution in [2.45, 2.75) is 13.1 Å². The first-order valence-corrected chi connectivity index (χ1v) is 9.90. The minimum absolute atomic E-state index is 0.109. The van der Waals surface area contributed by atoms with E-state index in [1.54, 1.807) is 17.0 Å². The average molecular weight is 439 g/mol. The van der Waals surface area contributed by atoms with Crippen molar-refractivity contribution in [3.8, 4) is 5.88 Å². The van der Waals surface area contributed by atoms with E-state index in [-0.39, 0.29) is 18.4 Å². The SMILES string of the molecule is CCNC(=NCCOc1ccc(C(F)(F)F)cn1)N1CCN(C(=O)c2ccco2)CC1. The maximum atomic E-state index is 12.6. The number of alkyl halides is 3. The second kappa shape index (κ2) is 10.2. The van der Waals surface area contributed by atoms with Crippen LogP contribution in [0, 0.1) is 0 Å². The third kappa shape index (κ3) is 6.12. The first-order valence-electron chi connectivity index (χ1n) is 9.90. The molecule has 0 aromatic carbocycles. The van der Waals surface area contributed by atoms with E-state index in [4.69, 9.17) is 9.15 Å². The minimum atomic E-state index is -4.43. The molecule has 0 radical (unpaired) electrons. The number of amides is 1. The fourth-order valence-corrected chi connectivity index (χ4v) is 3.04. The molecular weight excluding hydrogens is 415 g/mol. The third-order valence-corrected chi connectivity index (χ3v) is 4.60. The van der Waals surface area contributed by atoms with Gasteiger partial charge in [-0.15, -0.1) is 0 Å². The molecule has 0 aliphatic carbocycles. The van der Waals surface area contributed by atoms with Crippen molar-refractivity contribution in [3.63, 3.8) is 0 Å². The van der Waals surface area contributed by atoms with E-state index in [2.05, 4.69) is 15.3 Å². The summed E-state index contributed by atoms with van der Waals surface area (Å²) in [5.41, 5.74) is -0.822. The van der Waals surface area contributed by atoms with Crippen molar-refractivity contribution >= 4 is 11.9 Å². The zero-order valence-electron chi connectivity index (χ0n) is 17.1. The predicted molar refractivity (Wildman–Crippen MR) is 107 cm³/mol. The fourth-order valence-electron chi connectivity index (χ4n) is 3.04. The molecular formula is C20H24F3N5O3. The van der Waals surface area contributed by atoms with Crippen LogP contribution in [0.5, 0.6) is 5.88 Å². The number of pyridine rings is 1. The number of nitrogens with one attached hydrogen (secondary N) is 1. The van der Waals surface area contributed by atoms with Crippen molar-refractivity contribution in [2.24, 2.45) is 4.99 Å². The molecule has 2 aromatic heterocycles. The van der Waals surface area contributed by atoms with Crippen LogP contribution in [0.3, 0.4) is 0 Å². The number of carbonyl (C=O) groups excluding carboxylic acids is 1. The Balaban J connectivity index is 1.48. The standard InChI is InChI=1S/C20H24F3N5O3/c1-2-24-19(25-7-13-31-17-6-5-15(14-26-17)20(21,22)23)28-10-8-27(9-11-28)18(29)16-4-3-12-30-16/h3-6,12,14H,2,7-11,13H2,1H3,(H,24,25). The number of hydrogen-bond acceptors (Lipinski definition) is 5. The molecule has 3 rings (SSSR count). The molecule has 3 heterocycles. The minimum Gasteiger partial charge on any atom is -0.476 e. The number of carbonyl (C=O) groups is 1. The van der Waals surface area contributed by atoms with Crippen LogP contribution in [0.25, 0.3) is 0 Å². The van der Waals surface area contributed by atoms with Crippen molar-refractivity contribution in [1.29, 1.82) is 0 Å². The van der Waals surface area contributed by atoms with Gasteiger partial charge in [-0.3, -0.25) is 4.79 Å². The number of rotatable bonds is 6. The molecule has 0 spiro atoms. The molecule has 0 unspecified atom stereocenters. The Bertz CT molecular complexity index is 861. The first-order chi connectivity index (χ1) is 14.9. The topological polar surface area (TPSA) is 83.2 Å². The molecule has 8 nitrogen and oxygen atoms in total. The molecule has 1 aliphatic rings. The van der Waals surface area contributed by atoms with Gasteiger partial charge in [-0.2, -0.15) is 13.2 Å². The molecule has 11 heteroatoms. The third-order valence-electron chi connectivity index (χ3n) is 4.60. The molecule has 0 bridgehead atoms. The van der Waals surface area contributed by atoms with Crippen LogP contribution in [0.15, 0.2) is 46.1 Å². The van der Waals surface area contributed by atoms with Gasteiger partial charge in [0.25, 0.3) is 5.91 Å². The van der Waals surface area contributed by atoms with Gasteiger partial charge in [0, 0.05) is 45.0 Å². The van der Waals surface area contributed by atoms with Gasteiger partial charge in [-0.05, 0) is 25.1 Å².